The summed E-state index contributed by atoms with van der Waals surface area (Å²) in [4.78, 5) is -1.63. The Hall–Kier alpha value is -0.220. The molecular weight excluding hydrogens is 280 g/mol. The molecule has 0 aliphatic rings. The molecule has 5 heteroatoms. The first-order chi connectivity index (χ1) is 6.32. The van der Waals surface area contributed by atoms with Gasteiger partial charge in [0.1, 0.15) is 4.83 Å². The van der Waals surface area contributed by atoms with Gasteiger partial charge in [-0.15, -0.1) is 0 Å². The van der Waals surface area contributed by atoms with Crippen LogP contribution in [0.3, 0.4) is 0 Å². The van der Waals surface area contributed by atoms with Crippen LogP contribution in [-0.2, 0) is 0 Å². The topological polar surface area (TPSA) is 0 Å². The molecule has 0 aliphatic carbocycles. The Kier molecular flexibility index (Phi) is 3.48. The molecule has 0 amide bonds. The second kappa shape index (κ2) is 4.11. The van der Waals surface area contributed by atoms with Crippen molar-refractivity contribution in [2.75, 3.05) is 0 Å². The highest BCUT2D eigenvalue weighted by Gasteiger charge is 2.38. The SMILES string of the molecule is Cc1cc(C(Br)C(F)(F)F)ccc1Cl. The molecule has 14 heavy (non-hydrogen) atoms. The number of alkyl halides is 4. The molecule has 0 saturated carbocycles. The smallest absolute Gasteiger partial charge is 0.169 e. The molecule has 0 bridgehead atoms. The van der Waals surface area contributed by atoms with E-state index in [0.29, 0.717) is 10.6 Å². The van der Waals surface area contributed by atoms with Gasteiger partial charge in [-0.3, -0.25) is 0 Å². The van der Waals surface area contributed by atoms with E-state index in [1.807, 2.05) is 0 Å². The molecule has 0 radical (unpaired) electrons. The summed E-state index contributed by atoms with van der Waals surface area (Å²) in [6.45, 7) is 1.67. The number of benzene rings is 1. The third-order valence-corrected chi connectivity index (χ3v) is 3.23. The van der Waals surface area contributed by atoms with Crippen LogP contribution in [0.25, 0.3) is 0 Å². The van der Waals surface area contributed by atoms with E-state index in [1.54, 1.807) is 6.92 Å². The van der Waals surface area contributed by atoms with E-state index < -0.39 is 11.0 Å². The highest BCUT2D eigenvalue weighted by atomic mass is 79.9. The number of hydrogen-bond donors (Lipinski definition) is 0. The lowest BCUT2D eigenvalue weighted by atomic mass is 10.1. The third-order valence-electron chi connectivity index (χ3n) is 1.76. The summed E-state index contributed by atoms with van der Waals surface area (Å²) in [6.07, 6.45) is -4.28. The molecule has 1 unspecified atom stereocenters. The van der Waals surface area contributed by atoms with Crippen molar-refractivity contribution in [1.82, 2.24) is 0 Å². The number of rotatable bonds is 1. The quantitative estimate of drug-likeness (QED) is 0.660. The molecule has 1 atom stereocenters. The summed E-state index contributed by atoms with van der Waals surface area (Å²) in [6, 6.07) is 4.25. The van der Waals surface area contributed by atoms with Crippen LogP contribution in [0.4, 0.5) is 13.2 Å². The highest BCUT2D eigenvalue weighted by Crippen LogP contribution is 2.40. The molecule has 0 spiro atoms. The van der Waals surface area contributed by atoms with Gasteiger partial charge in [-0.25, -0.2) is 0 Å². The van der Waals surface area contributed by atoms with Gasteiger partial charge in [0.15, 0.2) is 0 Å². The lowest BCUT2D eigenvalue weighted by molar-refractivity contribution is -0.128. The van der Waals surface area contributed by atoms with E-state index >= 15 is 0 Å². The van der Waals surface area contributed by atoms with Crippen molar-refractivity contribution in [3.63, 3.8) is 0 Å². The molecule has 78 valence electrons. The largest absolute Gasteiger partial charge is 0.405 e. The molecule has 0 fully saturated rings. The van der Waals surface area contributed by atoms with Crippen molar-refractivity contribution < 1.29 is 13.2 Å². The summed E-state index contributed by atoms with van der Waals surface area (Å²) in [5.41, 5.74) is 0.803. The summed E-state index contributed by atoms with van der Waals surface area (Å²) in [5.74, 6) is 0. The first kappa shape index (κ1) is 11.9. The first-order valence-corrected chi connectivity index (χ1v) is 5.08. The van der Waals surface area contributed by atoms with Crippen LogP contribution in [0.15, 0.2) is 18.2 Å². The fraction of sp³-hybridized carbons (Fsp3) is 0.333. The van der Waals surface area contributed by atoms with Crippen LogP contribution < -0.4 is 0 Å². The lowest BCUT2D eigenvalue weighted by Gasteiger charge is -2.14. The Bertz CT molecular complexity index is 335. The lowest BCUT2D eigenvalue weighted by Crippen LogP contribution is -2.15. The van der Waals surface area contributed by atoms with Gasteiger partial charge in [-0.1, -0.05) is 39.7 Å². The van der Waals surface area contributed by atoms with Crippen LogP contribution in [0, 0.1) is 6.92 Å². The minimum atomic E-state index is -4.28. The normalized spacial score (nSPS) is 14.1. The maximum Gasteiger partial charge on any atom is 0.405 e. The van der Waals surface area contributed by atoms with E-state index in [-0.39, 0.29) is 5.56 Å². The van der Waals surface area contributed by atoms with Crippen LogP contribution in [0.2, 0.25) is 5.02 Å². The minimum Gasteiger partial charge on any atom is -0.169 e. The molecule has 0 aromatic heterocycles. The molecule has 1 rings (SSSR count). The van der Waals surface area contributed by atoms with Gasteiger partial charge in [0.2, 0.25) is 0 Å². The Morgan fingerprint density at radius 2 is 1.93 bits per heavy atom. The second-order valence-electron chi connectivity index (χ2n) is 2.91. The zero-order valence-corrected chi connectivity index (χ0v) is 9.54. The summed E-state index contributed by atoms with van der Waals surface area (Å²) in [5, 5.41) is 0.468. The van der Waals surface area contributed by atoms with Gasteiger partial charge >= 0.3 is 6.18 Å². The number of halogens is 5. The molecule has 0 nitrogen and oxygen atoms in total. The van der Waals surface area contributed by atoms with Crippen molar-refractivity contribution in [3.05, 3.63) is 34.3 Å². The van der Waals surface area contributed by atoms with Crippen molar-refractivity contribution in [3.8, 4) is 0 Å². The Balaban J connectivity index is 3.03. The minimum absolute atomic E-state index is 0.166. The molecule has 1 aromatic rings. The van der Waals surface area contributed by atoms with E-state index in [9.17, 15) is 13.2 Å². The maximum absolute atomic E-state index is 12.3. The fourth-order valence-corrected chi connectivity index (χ4v) is 1.42. The Morgan fingerprint density at radius 1 is 1.36 bits per heavy atom. The van der Waals surface area contributed by atoms with Crippen LogP contribution >= 0.6 is 27.5 Å². The average Bonchev–Trinajstić information content (AvgIpc) is 2.07. The summed E-state index contributed by atoms with van der Waals surface area (Å²) in [7, 11) is 0. The van der Waals surface area contributed by atoms with Gasteiger partial charge in [0.05, 0.1) is 0 Å². The van der Waals surface area contributed by atoms with Gasteiger partial charge in [0.25, 0.3) is 0 Å². The van der Waals surface area contributed by atoms with E-state index in [2.05, 4.69) is 15.9 Å². The van der Waals surface area contributed by atoms with E-state index in [1.165, 1.54) is 18.2 Å². The molecular formula is C9H7BrClF3. The highest BCUT2D eigenvalue weighted by molar-refractivity contribution is 9.09. The summed E-state index contributed by atoms with van der Waals surface area (Å²) < 4.78 is 36.9. The van der Waals surface area contributed by atoms with E-state index in [4.69, 9.17) is 11.6 Å². The van der Waals surface area contributed by atoms with Crippen molar-refractivity contribution in [1.29, 1.82) is 0 Å². The maximum atomic E-state index is 12.3. The monoisotopic (exact) mass is 286 g/mol. The zero-order chi connectivity index (χ0) is 10.9. The molecule has 1 aromatic carbocycles. The van der Waals surface area contributed by atoms with Crippen LogP contribution in [0.5, 0.6) is 0 Å². The number of aryl methyl sites for hydroxylation is 1. The zero-order valence-electron chi connectivity index (χ0n) is 7.20. The fourth-order valence-electron chi connectivity index (χ4n) is 1.01. The van der Waals surface area contributed by atoms with Crippen molar-refractivity contribution >= 4 is 27.5 Å². The van der Waals surface area contributed by atoms with Crippen molar-refractivity contribution in [2.45, 2.75) is 17.9 Å². The van der Waals surface area contributed by atoms with Gasteiger partial charge in [-0.05, 0) is 24.1 Å². The van der Waals surface area contributed by atoms with Gasteiger partial charge < -0.3 is 0 Å². The average molecular weight is 288 g/mol. The summed E-state index contributed by atoms with van der Waals surface area (Å²) >= 11 is 8.30. The standard InChI is InChI=1S/C9H7BrClF3/c1-5-4-6(2-3-7(5)11)8(10)9(12,13)14/h2-4,8H,1H3. The predicted octanol–water partition coefficient (Wildman–Crippen LogP) is 4.65. The Morgan fingerprint density at radius 3 is 2.36 bits per heavy atom. The third kappa shape index (κ3) is 2.64. The van der Waals surface area contributed by atoms with E-state index in [0.717, 1.165) is 0 Å². The van der Waals surface area contributed by atoms with Crippen LogP contribution in [0.1, 0.15) is 16.0 Å². The molecule has 0 heterocycles. The van der Waals surface area contributed by atoms with Crippen LogP contribution in [-0.4, -0.2) is 6.18 Å². The number of hydrogen-bond acceptors (Lipinski definition) is 0. The Labute approximate surface area is 93.2 Å². The van der Waals surface area contributed by atoms with Crippen molar-refractivity contribution in [2.24, 2.45) is 0 Å². The van der Waals surface area contributed by atoms with Gasteiger partial charge in [-0.2, -0.15) is 13.2 Å². The molecule has 0 aliphatic heterocycles. The molecule has 0 N–H and O–H groups in total. The molecule has 0 saturated heterocycles. The second-order valence-corrected chi connectivity index (χ2v) is 4.24. The predicted molar refractivity (Wildman–Crippen MR) is 53.9 cm³/mol. The first-order valence-electron chi connectivity index (χ1n) is 3.79. The van der Waals surface area contributed by atoms with Gasteiger partial charge in [0, 0.05) is 5.02 Å².